The van der Waals surface area contributed by atoms with Gasteiger partial charge in [0.2, 0.25) is 0 Å². The maximum atomic E-state index is 7.08. The van der Waals surface area contributed by atoms with Gasteiger partial charge in [0, 0.05) is 34.7 Å². The summed E-state index contributed by atoms with van der Waals surface area (Å²) in [4.78, 5) is 7.99. The van der Waals surface area contributed by atoms with Crippen molar-refractivity contribution < 1.29 is 0 Å². The third-order valence-electron chi connectivity index (χ3n) is 7.21. The standard InChI is InChI=1S/C27H19Br2NS4/c1-26(2)14-8-13-15(9-12(14)24-16(26)10-20(33-24)18-4-6-22(28)31-18)27(3,30)17-11-21(34-25(13)17)19-5-7-23(29)32-19/h4-11H,30H2,1-3H3. The van der Waals surface area contributed by atoms with Gasteiger partial charge in [-0.3, -0.25) is 0 Å². The highest BCUT2D eigenvalue weighted by atomic mass is 79.9. The number of nitrogens with two attached hydrogens (primary N) is 1. The van der Waals surface area contributed by atoms with E-state index < -0.39 is 5.54 Å². The van der Waals surface area contributed by atoms with E-state index in [1.54, 1.807) is 22.7 Å². The van der Waals surface area contributed by atoms with E-state index in [9.17, 15) is 0 Å². The van der Waals surface area contributed by atoms with Crippen LogP contribution in [0.4, 0.5) is 0 Å². The molecule has 170 valence electrons. The Balaban J connectivity index is 1.40. The zero-order valence-corrected chi connectivity index (χ0v) is 25.0. The lowest BCUT2D eigenvalue weighted by atomic mass is 9.81. The Bertz CT molecular complexity index is 1520. The van der Waals surface area contributed by atoms with Gasteiger partial charge in [0.1, 0.15) is 0 Å². The van der Waals surface area contributed by atoms with E-state index in [0.29, 0.717) is 0 Å². The van der Waals surface area contributed by atoms with E-state index in [2.05, 4.69) is 101 Å². The van der Waals surface area contributed by atoms with Crippen LogP contribution >= 0.6 is 77.2 Å². The largest absolute Gasteiger partial charge is 0.318 e. The molecule has 0 saturated carbocycles. The zero-order chi connectivity index (χ0) is 23.6. The molecule has 0 radical (unpaired) electrons. The molecule has 1 unspecified atom stereocenters. The quantitative estimate of drug-likeness (QED) is 0.203. The summed E-state index contributed by atoms with van der Waals surface area (Å²) in [5.74, 6) is 0. The molecule has 4 aromatic heterocycles. The number of hydrogen-bond donors (Lipinski definition) is 1. The molecule has 0 fully saturated rings. The molecule has 1 nitrogen and oxygen atoms in total. The van der Waals surface area contributed by atoms with Crippen LogP contribution in [0.25, 0.3) is 40.4 Å². The van der Waals surface area contributed by atoms with Crippen LogP contribution in [0, 0.1) is 0 Å². The van der Waals surface area contributed by atoms with Crippen molar-refractivity contribution in [3.8, 4) is 40.4 Å². The van der Waals surface area contributed by atoms with Gasteiger partial charge in [0.25, 0.3) is 0 Å². The van der Waals surface area contributed by atoms with Crippen LogP contribution in [0.15, 0.2) is 56.1 Å². The molecule has 7 rings (SSSR count). The van der Waals surface area contributed by atoms with Gasteiger partial charge in [-0.2, -0.15) is 0 Å². The first-order valence-electron chi connectivity index (χ1n) is 10.9. The Labute approximate surface area is 231 Å². The lowest BCUT2D eigenvalue weighted by Crippen LogP contribution is -2.31. The van der Waals surface area contributed by atoms with Crippen LogP contribution in [-0.2, 0) is 11.0 Å². The first kappa shape index (κ1) is 22.2. The van der Waals surface area contributed by atoms with Crippen LogP contribution in [0.3, 0.4) is 0 Å². The van der Waals surface area contributed by atoms with Gasteiger partial charge in [0.15, 0.2) is 0 Å². The molecule has 4 heterocycles. The molecule has 1 atom stereocenters. The Morgan fingerprint density at radius 3 is 1.65 bits per heavy atom. The average molecular weight is 646 g/mol. The molecular weight excluding hydrogens is 626 g/mol. The van der Waals surface area contributed by atoms with Crippen LogP contribution in [-0.4, -0.2) is 0 Å². The smallest absolute Gasteiger partial charge is 0.0705 e. The maximum absolute atomic E-state index is 7.08. The second kappa shape index (κ2) is 7.25. The predicted octanol–water partition coefficient (Wildman–Crippen LogP) is 10.3. The van der Waals surface area contributed by atoms with Gasteiger partial charge in [0.05, 0.1) is 13.1 Å². The van der Waals surface area contributed by atoms with Crippen LogP contribution in [0.2, 0.25) is 0 Å². The first-order chi connectivity index (χ1) is 16.1. The molecule has 0 amide bonds. The third kappa shape index (κ3) is 2.95. The normalized spacial score (nSPS) is 19.2. The highest BCUT2D eigenvalue weighted by Crippen LogP contribution is 2.60. The molecule has 0 bridgehead atoms. The molecule has 0 aliphatic heterocycles. The number of hydrogen-bond acceptors (Lipinski definition) is 5. The molecule has 5 aromatic rings. The summed E-state index contributed by atoms with van der Waals surface area (Å²) >= 11 is 14.6. The molecule has 7 heteroatoms. The van der Waals surface area contributed by atoms with Crippen molar-refractivity contribution in [2.24, 2.45) is 5.73 Å². The molecule has 2 aliphatic rings. The molecule has 2 N–H and O–H groups in total. The topological polar surface area (TPSA) is 26.0 Å². The van der Waals surface area contributed by atoms with E-state index in [-0.39, 0.29) is 5.41 Å². The summed E-state index contributed by atoms with van der Waals surface area (Å²) in [7, 11) is 0. The number of thiophene rings is 4. The fourth-order valence-corrected chi connectivity index (χ4v) is 11.0. The molecule has 0 saturated heterocycles. The van der Waals surface area contributed by atoms with Crippen molar-refractivity contribution in [3.63, 3.8) is 0 Å². The summed E-state index contributed by atoms with van der Waals surface area (Å²) in [5.41, 5.74) is 14.6. The molecule has 2 aliphatic carbocycles. The fourth-order valence-electron chi connectivity index (χ4n) is 5.38. The Morgan fingerprint density at radius 2 is 1.09 bits per heavy atom. The number of halogens is 2. The minimum Gasteiger partial charge on any atom is -0.318 e. The third-order valence-corrected chi connectivity index (χ3v) is 13.2. The predicted molar refractivity (Wildman–Crippen MR) is 158 cm³/mol. The second-order valence-electron chi connectivity index (χ2n) is 9.69. The molecule has 34 heavy (non-hydrogen) atoms. The van der Waals surface area contributed by atoms with Crippen molar-refractivity contribution in [1.29, 1.82) is 0 Å². The van der Waals surface area contributed by atoms with Gasteiger partial charge >= 0.3 is 0 Å². The highest BCUT2D eigenvalue weighted by Gasteiger charge is 2.44. The highest BCUT2D eigenvalue weighted by molar-refractivity contribution is 9.11. The van der Waals surface area contributed by atoms with Crippen LogP contribution in [0.1, 0.15) is 43.0 Å². The van der Waals surface area contributed by atoms with E-state index in [1.807, 2.05) is 22.7 Å². The van der Waals surface area contributed by atoms with Crippen molar-refractivity contribution in [2.75, 3.05) is 0 Å². The van der Waals surface area contributed by atoms with Gasteiger partial charge in [-0.15, -0.1) is 45.3 Å². The van der Waals surface area contributed by atoms with Gasteiger partial charge in [-0.05, 0) is 121 Å². The summed E-state index contributed by atoms with van der Waals surface area (Å²) < 4.78 is 2.33. The maximum Gasteiger partial charge on any atom is 0.0705 e. The number of fused-ring (bicyclic) bond motifs is 6. The molecule has 1 aromatic carbocycles. The number of rotatable bonds is 2. The molecule has 0 spiro atoms. The van der Waals surface area contributed by atoms with Crippen molar-refractivity contribution >= 4 is 77.2 Å². The Kier molecular flexibility index (Phi) is 4.73. The Morgan fingerprint density at radius 1 is 0.588 bits per heavy atom. The van der Waals surface area contributed by atoms with Crippen molar-refractivity contribution in [3.05, 3.63) is 78.4 Å². The van der Waals surface area contributed by atoms with E-state index in [1.165, 1.54) is 66.4 Å². The van der Waals surface area contributed by atoms with Gasteiger partial charge in [-0.25, -0.2) is 0 Å². The summed E-state index contributed by atoms with van der Waals surface area (Å²) in [6, 6.07) is 18.2. The van der Waals surface area contributed by atoms with Gasteiger partial charge in [-0.1, -0.05) is 13.8 Å². The average Bonchev–Trinajstić information content (AvgIpc) is 3.58. The minimum absolute atomic E-state index is 0.0323. The van der Waals surface area contributed by atoms with Gasteiger partial charge < -0.3 is 5.73 Å². The Hall–Kier alpha value is -1.06. The van der Waals surface area contributed by atoms with E-state index in [4.69, 9.17) is 5.73 Å². The first-order valence-corrected chi connectivity index (χ1v) is 15.8. The summed E-state index contributed by atoms with van der Waals surface area (Å²) in [6.07, 6.45) is 0. The van der Waals surface area contributed by atoms with Crippen molar-refractivity contribution in [2.45, 2.75) is 31.7 Å². The van der Waals surface area contributed by atoms with Crippen molar-refractivity contribution in [1.82, 2.24) is 0 Å². The number of benzene rings is 1. The lowest BCUT2D eigenvalue weighted by molar-refractivity contribution is 0.621. The molecular formula is C27H19Br2NS4. The summed E-state index contributed by atoms with van der Waals surface area (Å²) in [6.45, 7) is 6.91. The summed E-state index contributed by atoms with van der Waals surface area (Å²) in [5, 5.41) is 0. The monoisotopic (exact) mass is 643 g/mol. The van der Waals surface area contributed by atoms with E-state index >= 15 is 0 Å². The SMILES string of the molecule is CC1(C)c2cc3c(cc2-c2sc(-c4ccc(Br)s4)cc21)C(C)(N)c1cc(-c2ccc(Br)s2)sc1-3. The van der Waals surface area contributed by atoms with E-state index in [0.717, 1.165) is 3.79 Å². The fraction of sp³-hybridized carbons (Fsp3) is 0.185. The van der Waals surface area contributed by atoms with Crippen LogP contribution < -0.4 is 5.73 Å². The zero-order valence-electron chi connectivity index (χ0n) is 18.6. The second-order valence-corrected chi connectivity index (χ2v) is 16.7. The van der Waals surface area contributed by atoms with Crippen LogP contribution in [0.5, 0.6) is 0 Å². The lowest BCUT2D eigenvalue weighted by Gasteiger charge is -2.24. The minimum atomic E-state index is -0.492.